The number of esters is 1. The molecule has 0 amide bonds. The molecule has 1 aromatic rings. The number of halogens is 1. The number of aryl methyl sites for hydroxylation is 1. The summed E-state index contributed by atoms with van der Waals surface area (Å²) in [6, 6.07) is 4.65. The summed E-state index contributed by atoms with van der Waals surface area (Å²) in [5, 5.41) is 0. The van der Waals surface area contributed by atoms with Gasteiger partial charge in [0.2, 0.25) is 0 Å². The van der Waals surface area contributed by atoms with E-state index in [0.717, 1.165) is 43.4 Å². The van der Waals surface area contributed by atoms with Gasteiger partial charge < -0.3 is 4.74 Å². The second-order valence-electron chi connectivity index (χ2n) is 8.51. The van der Waals surface area contributed by atoms with Crippen LogP contribution in [0.15, 0.2) is 18.2 Å². The van der Waals surface area contributed by atoms with E-state index in [4.69, 9.17) is 4.74 Å². The number of ether oxygens (including phenoxy) is 1. The Morgan fingerprint density at radius 3 is 2.23 bits per heavy atom. The fourth-order valence-corrected chi connectivity index (χ4v) is 5.02. The lowest BCUT2D eigenvalue weighted by Gasteiger charge is -2.37. The van der Waals surface area contributed by atoms with Gasteiger partial charge in [0.15, 0.2) is 0 Å². The van der Waals surface area contributed by atoms with Crippen molar-refractivity contribution in [3.63, 3.8) is 0 Å². The molecule has 2 nitrogen and oxygen atoms in total. The van der Waals surface area contributed by atoms with Gasteiger partial charge in [-0.25, -0.2) is 4.39 Å². The molecule has 2 fully saturated rings. The molecule has 0 aliphatic heterocycles. The van der Waals surface area contributed by atoms with E-state index in [9.17, 15) is 9.18 Å². The van der Waals surface area contributed by atoms with Gasteiger partial charge in [-0.3, -0.25) is 4.79 Å². The molecule has 1 aromatic carbocycles. The molecule has 26 heavy (non-hydrogen) atoms. The van der Waals surface area contributed by atoms with E-state index in [1.54, 1.807) is 19.1 Å². The van der Waals surface area contributed by atoms with Crippen LogP contribution < -0.4 is 4.74 Å². The summed E-state index contributed by atoms with van der Waals surface area (Å²) in [4.78, 5) is 12.4. The van der Waals surface area contributed by atoms with Gasteiger partial charge in [-0.2, -0.15) is 0 Å². The minimum Gasteiger partial charge on any atom is -0.426 e. The SMILES string of the molecule is CCCC1CCC(C2CCC(C(=O)Oc3ccc(C)c(F)c3)CC2)CC1. The first-order valence-corrected chi connectivity index (χ1v) is 10.5. The van der Waals surface area contributed by atoms with E-state index in [1.807, 2.05) is 0 Å². The second-order valence-corrected chi connectivity index (χ2v) is 8.51. The number of rotatable bonds is 5. The Hall–Kier alpha value is -1.38. The quantitative estimate of drug-likeness (QED) is 0.445. The van der Waals surface area contributed by atoms with Crippen molar-refractivity contribution in [3.05, 3.63) is 29.6 Å². The van der Waals surface area contributed by atoms with Crippen LogP contribution in [0, 0.1) is 36.4 Å². The maximum absolute atomic E-state index is 13.6. The first-order chi connectivity index (χ1) is 12.6. The summed E-state index contributed by atoms with van der Waals surface area (Å²) in [6.07, 6.45) is 12.4. The van der Waals surface area contributed by atoms with Gasteiger partial charge in [-0.05, 0) is 74.8 Å². The summed E-state index contributed by atoms with van der Waals surface area (Å²) in [6.45, 7) is 4.00. The highest BCUT2D eigenvalue weighted by molar-refractivity contribution is 5.75. The molecule has 3 rings (SSSR count). The lowest BCUT2D eigenvalue weighted by atomic mass is 9.69. The molecule has 3 heteroatoms. The Morgan fingerprint density at radius 2 is 1.65 bits per heavy atom. The van der Waals surface area contributed by atoms with Crippen molar-refractivity contribution in [1.29, 1.82) is 0 Å². The third-order valence-corrected chi connectivity index (χ3v) is 6.72. The fourth-order valence-electron chi connectivity index (χ4n) is 5.02. The third-order valence-electron chi connectivity index (χ3n) is 6.72. The van der Waals surface area contributed by atoms with Crippen LogP contribution in [0.2, 0.25) is 0 Å². The molecule has 0 heterocycles. The fraction of sp³-hybridized carbons (Fsp3) is 0.696. The van der Waals surface area contributed by atoms with E-state index in [-0.39, 0.29) is 17.7 Å². The van der Waals surface area contributed by atoms with Gasteiger partial charge in [-0.1, -0.05) is 38.7 Å². The maximum atomic E-state index is 13.6. The molecule has 0 spiro atoms. The van der Waals surface area contributed by atoms with Crippen LogP contribution in [0.1, 0.15) is 76.7 Å². The van der Waals surface area contributed by atoms with Crippen LogP contribution in [0.5, 0.6) is 5.75 Å². The lowest BCUT2D eigenvalue weighted by molar-refractivity contribution is -0.140. The minimum atomic E-state index is -0.322. The zero-order valence-electron chi connectivity index (χ0n) is 16.3. The molecule has 0 saturated heterocycles. The van der Waals surface area contributed by atoms with Crippen LogP contribution in [-0.2, 0) is 4.79 Å². The van der Waals surface area contributed by atoms with Gasteiger partial charge >= 0.3 is 5.97 Å². The first-order valence-electron chi connectivity index (χ1n) is 10.5. The van der Waals surface area contributed by atoms with Crippen LogP contribution in [0.3, 0.4) is 0 Å². The van der Waals surface area contributed by atoms with E-state index in [0.29, 0.717) is 11.3 Å². The first kappa shape index (κ1) is 19.4. The molecule has 144 valence electrons. The summed E-state index contributed by atoms with van der Waals surface area (Å²) >= 11 is 0. The van der Waals surface area contributed by atoms with Crippen molar-refractivity contribution in [2.75, 3.05) is 0 Å². The highest BCUT2D eigenvalue weighted by Crippen LogP contribution is 2.42. The topological polar surface area (TPSA) is 26.3 Å². The van der Waals surface area contributed by atoms with Crippen LogP contribution >= 0.6 is 0 Å². The van der Waals surface area contributed by atoms with Crippen molar-refractivity contribution < 1.29 is 13.9 Å². The maximum Gasteiger partial charge on any atom is 0.314 e. The van der Waals surface area contributed by atoms with Crippen LogP contribution in [-0.4, -0.2) is 5.97 Å². The molecule has 2 saturated carbocycles. The zero-order chi connectivity index (χ0) is 18.5. The largest absolute Gasteiger partial charge is 0.426 e. The normalized spacial score (nSPS) is 29.3. The molecular weight excluding hydrogens is 327 g/mol. The summed E-state index contributed by atoms with van der Waals surface area (Å²) in [7, 11) is 0. The Kier molecular flexibility index (Phi) is 6.72. The molecule has 2 aliphatic rings. The Bertz CT molecular complexity index is 596. The monoisotopic (exact) mass is 360 g/mol. The van der Waals surface area contributed by atoms with E-state index < -0.39 is 0 Å². The standard InChI is InChI=1S/C23H33FO2/c1-3-4-17-6-8-18(9-7-17)19-10-12-20(13-11-19)23(25)26-21-14-5-16(2)22(24)15-21/h5,14-15,17-20H,3-4,6-13H2,1-2H3. The number of carbonyl (C=O) groups is 1. The third kappa shape index (κ3) is 4.86. The van der Waals surface area contributed by atoms with E-state index in [2.05, 4.69) is 6.92 Å². The van der Waals surface area contributed by atoms with Gasteiger partial charge in [0.05, 0.1) is 5.92 Å². The Labute approximate surface area is 157 Å². The highest BCUT2D eigenvalue weighted by Gasteiger charge is 2.33. The van der Waals surface area contributed by atoms with Gasteiger partial charge in [0, 0.05) is 6.07 Å². The Balaban J connectivity index is 1.44. The van der Waals surface area contributed by atoms with Crippen molar-refractivity contribution in [2.24, 2.45) is 23.7 Å². The molecule has 0 N–H and O–H groups in total. The average Bonchev–Trinajstić information content (AvgIpc) is 2.66. The molecule has 0 bridgehead atoms. The van der Waals surface area contributed by atoms with Crippen molar-refractivity contribution in [3.8, 4) is 5.75 Å². The lowest BCUT2D eigenvalue weighted by Crippen LogP contribution is -2.30. The number of benzene rings is 1. The van der Waals surface area contributed by atoms with Gasteiger partial charge in [0.1, 0.15) is 11.6 Å². The van der Waals surface area contributed by atoms with Crippen molar-refractivity contribution >= 4 is 5.97 Å². The molecule has 0 unspecified atom stereocenters. The smallest absolute Gasteiger partial charge is 0.314 e. The zero-order valence-corrected chi connectivity index (χ0v) is 16.3. The summed E-state index contributed by atoms with van der Waals surface area (Å²) < 4.78 is 19.0. The van der Waals surface area contributed by atoms with Crippen molar-refractivity contribution in [2.45, 2.75) is 78.1 Å². The number of hydrogen-bond acceptors (Lipinski definition) is 2. The number of carbonyl (C=O) groups excluding carboxylic acids is 1. The van der Waals surface area contributed by atoms with Gasteiger partial charge in [-0.15, -0.1) is 0 Å². The van der Waals surface area contributed by atoms with E-state index >= 15 is 0 Å². The molecule has 0 atom stereocenters. The van der Waals surface area contributed by atoms with Crippen LogP contribution in [0.25, 0.3) is 0 Å². The van der Waals surface area contributed by atoms with Gasteiger partial charge in [0.25, 0.3) is 0 Å². The Morgan fingerprint density at radius 1 is 1.04 bits per heavy atom. The summed E-state index contributed by atoms with van der Waals surface area (Å²) in [5.41, 5.74) is 0.568. The predicted molar refractivity (Wildman–Crippen MR) is 103 cm³/mol. The highest BCUT2D eigenvalue weighted by atomic mass is 19.1. The van der Waals surface area contributed by atoms with Crippen molar-refractivity contribution in [1.82, 2.24) is 0 Å². The minimum absolute atomic E-state index is 0.0213. The molecule has 2 aliphatic carbocycles. The summed E-state index contributed by atoms with van der Waals surface area (Å²) in [5.74, 6) is 2.42. The average molecular weight is 361 g/mol. The molecule has 0 radical (unpaired) electrons. The molecular formula is C23H33FO2. The predicted octanol–water partition coefficient (Wildman–Crippen LogP) is 6.45. The second kappa shape index (κ2) is 9.01. The number of hydrogen-bond donors (Lipinski definition) is 0. The van der Waals surface area contributed by atoms with Crippen LogP contribution in [0.4, 0.5) is 4.39 Å². The van der Waals surface area contributed by atoms with E-state index in [1.165, 1.54) is 44.6 Å². The molecule has 0 aromatic heterocycles.